The summed E-state index contributed by atoms with van der Waals surface area (Å²) in [7, 11) is 3.69. The second-order valence-electron chi connectivity index (χ2n) is 9.14. The van der Waals surface area contributed by atoms with Crippen molar-refractivity contribution < 1.29 is 14.6 Å². The van der Waals surface area contributed by atoms with Crippen molar-refractivity contribution in [2.75, 3.05) is 32.5 Å². The number of carboxylic acid groups (broad SMARTS) is 1. The van der Waals surface area contributed by atoms with E-state index in [9.17, 15) is 9.90 Å². The summed E-state index contributed by atoms with van der Waals surface area (Å²) in [6.07, 6.45) is 9.99. The Morgan fingerprint density at radius 1 is 1.29 bits per heavy atom. The Hall–Kier alpha value is -2.58. The van der Waals surface area contributed by atoms with Gasteiger partial charge in [0.25, 0.3) is 0 Å². The predicted octanol–water partition coefficient (Wildman–Crippen LogP) is 4.50. The maximum Gasteiger partial charge on any atom is 0.303 e. The zero-order valence-electron chi connectivity index (χ0n) is 20.0. The van der Waals surface area contributed by atoms with E-state index in [1.165, 1.54) is 10.6 Å². The SMILES string of the molecule is COc1ccc2nccc(CCC[C@@H]3CCN(CCSc4cncn4C)C[C@@H]3CC(=O)O)c2c1. The average molecular weight is 483 g/mol. The molecule has 0 radical (unpaired) electrons. The van der Waals surface area contributed by atoms with E-state index < -0.39 is 5.97 Å². The van der Waals surface area contributed by atoms with E-state index in [0.717, 1.165) is 67.7 Å². The van der Waals surface area contributed by atoms with Gasteiger partial charge in [0.2, 0.25) is 0 Å². The number of piperidine rings is 1. The quantitative estimate of drug-likeness (QED) is 0.403. The molecule has 0 unspecified atom stereocenters. The number of carbonyl (C=O) groups is 1. The molecule has 182 valence electrons. The second kappa shape index (κ2) is 11.7. The molecule has 0 bridgehead atoms. The Labute approximate surface area is 205 Å². The van der Waals surface area contributed by atoms with E-state index in [4.69, 9.17) is 4.74 Å². The van der Waals surface area contributed by atoms with Crippen LogP contribution in [0.3, 0.4) is 0 Å². The van der Waals surface area contributed by atoms with Gasteiger partial charge in [0, 0.05) is 43.9 Å². The Balaban J connectivity index is 1.31. The number of aryl methyl sites for hydroxylation is 2. The first-order chi connectivity index (χ1) is 16.5. The molecule has 0 saturated carbocycles. The number of rotatable bonds is 11. The molecule has 2 aromatic heterocycles. The van der Waals surface area contributed by atoms with E-state index in [1.54, 1.807) is 18.9 Å². The summed E-state index contributed by atoms with van der Waals surface area (Å²) in [6.45, 7) is 2.89. The van der Waals surface area contributed by atoms with E-state index in [2.05, 4.69) is 27.0 Å². The third-order valence-corrected chi connectivity index (χ3v) is 7.98. The molecule has 2 atom stereocenters. The van der Waals surface area contributed by atoms with Gasteiger partial charge in [0.05, 0.1) is 30.2 Å². The predicted molar refractivity (Wildman–Crippen MR) is 135 cm³/mol. The smallest absolute Gasteiger partial charge is 0.303 e. The maximum atomic E-state index is 11.6. The fourth-order valence-electron chi connectivity index (χ4n) is 5.04. The number of fused-ring (bicyclic) bond motifs is 1. The standard InChI is InChI=1S/C26H34N4O3S/c1-29-18-27-16-25(29)34-13-12-30-11-9-19(21(17-30)14-26(31)32)4-3-5-20-8-10-28-24-7-6-22(33-2)15-23(20)24/h6-8,10,15-16,18-19,21H,3-5,9,11-14,17H2,1-2H3,(H,31,32)/t19-,21+/m1/s1. The van der Waals surface area contributed by atoms with Crippen molar-refractivity contribution in [3.8, 4) is 5.75 Å². The lowest BCUT2D eigenvalue weighted by molar-refractivity contribution is -0.139. The highest BCUT2D eigenvalue weighted by atomic mass is 32.2. The van der Waals surface area contributed by atoms with Crippen molar-refractivity contribution in [2.24, 2.45) is 18.9 Å². The van der Waals surface area contributed by atoms with Crippen LogP contribution in [-0.2, 0) is 18.3 Å². The summed E-state index contributed by atoms with van der Waals surface area (Å²) in [4.78, 5) is 22.7. The summed E-state index contributed by atoms with van der Waals surface area (Å²) in [5.74, 6) is 1.82. The monoisotopic (exact) mass is 482 g/mol. The number of ether oxygens (including phenoxy) is 1. The van der Waals surface area contributed by atoms with Crippen LogP contribution in [0, 0.1) is 11.8 Å². The number of aromatic nitrogens is 3. The van der Waals surface area contributed by atoms with E-state index >= 15 is 0 Å². The summed E-state index contributed by atoms with van der Waals surface area (Å²) in [5.41, 5.74) is 2.27. The minimum atomic E-state index is -0.687. The molecule has 3 heterocycles. The van der Waals surface area contributed by atoms with Crippen LogP contribution in [0.15, 0.2) is 48.0 Å². The highest BCUT2D eigenvalue weighted by Crippen LogP contribution is 2.32. The lowest BCUT2D eigenvalue weighted by atomic mass is 9.80. The van der Waals surface area contributed by atoms with Gasteiger partial charge in [-0.05, 0) is 73.9 Å². The van der Waals surface area contributed by atoms with E-state index in [-0.39, 0.29) is 12.3 Å². The van der Waals surface area contributed by atoms with Crippen LogP contribution in [-0.4, -0.2) is 63.0 Å². The topological polar surface area (TPSA) is 80.5 Å². The number of imidazole rings is 1. The average Bonchev–Trinajstić information content (AvgIpc) is 3.24. The van der Waals surface area contributed by atoms with E-state index in [0.29, 0.717) is 5.92 Å². The molecular formula is C26H34N4O3S. The lowest BCUT2D eigenvalue weighted by Gasteiger charge is -2.38. The molecule has 1 aliphatic heterocycles. The molecule has 34 heavy (non-hydrogen) atoms. The third-order valence-electron chi connectivity index (χ3n) is 6.90. The fourth-order valence-corrected chi connectivity index (χ4v) is 5.98. The van der Waals surface area contributed by atoms with Crippen molar-refractivity contribution in [2.45, 2.75) is 37.1 Å². The van der Waals surface area contributed by atoms with Gasteiger partial charge < -0.3 is 19.3 Å². The highest BCUT2D eigenvalue weighted by molar-refractivity contribution is 7.99. The molecule has 8 heteroatoms. The van der Waals surface area contributed by atoms with Gasteiger partial charge >= 0.3 is 5.97 Å². The van der Waals surface area contributed by atoms with Crippen LogP contribution >= 0.6 is 11.8 Å². The van der Waals surface area contributed by atoms with Crippen LogP contribution in [0.1, 0.15) is 31.2 Å². The number of benzene rings is 1. The number of pyridine rings is 1. The van der Waals surface area contributed by atoms with Gasteiger partial charge in [-0.2, -0.15) is 0 Å². The molecule has 4 rings (SSSR count). The van der Waals surface area contributed by atoms with Gasteiger partial charge in [-0.1, -0.05) is 0 Å². The molecule has 7 nitrogen and oxygen atoms in total. The summed E-state index contributed by atoms with van der Waals surface area (Å²) in [6, 6.07) is 8.10. The number of hydrogen-bond acceptors (Lipinski definition) is 6. The molecule has 1 aliphatic rings. The van der Waals surface area contributed by atoms with Crippen molar-refractivity contribution in [1.29, 1.82) is 0 Å². The van der Waals surface area contributed by atoms with E-state index in [1.807, 2.05) is 42.5 Å². The summed E-state index contributed by atoms with van der Waals surface area (Å²) >= 11 is 1.81. The number of methoxy groups -OCH3 is 1. The highest BCUT2D eigenvalue weighted by Gasteiger charge is 2.30. The van der Waals surface area contributed by atoms with Crippen molar-refractivity contribution in [1.82, 2.24) is 19.4 Å². The Bertz CT molecular complexity index is 1100. The minimum Gasteiger partial charge on any atom is -0.497 e. The molecule has 0 aliphatic carbocycles. The Morgan fingerprint density at radius 2 is 2.18 bits per heavy atom. The number of carboxylic acids is 1. The molecule has 1 N–H and O–H groups in total. The number of hydrogen-bond donors (Lipinski definition) is 1. The lowest BCUT2D eigenvalue weighted by Crippen LogP contribution is -2.42. The molecule has 1 aromatic carbocycles. The fraction of sp³-hybridized carbons (Fsp3) is 0.500. The molecule has 1 fully saturated rings. The second-order valence-corrected chi connectivity index (χ2v) is 10.3. The zero-order valence-corrected chi connectivity index (χ0v) is 20.8. The number of thioether (sulfide) groups is 1. The van der Waals surface area contributed by atoms with Crippen molar-refractivity contribution in [3.63, 3.8) is 0 Å². The Morgan fingerprint density at radius 3 is 2.94 bits per heavy atom. The first-order valence-corrected chi connectivity index (χ1v) is 13.0. The largest absolute Gasteiger partial charge is 0.497 e. The summed E-state index contributed by atoms with van der Waals surface area (Å²) < 4.78 is 7.43. The number of nitrogens with zero attached hydrogens (tertiary/aromatic N) is 4. The summed E-state index contributed by atoms with van der Waals surface area (Å²) in [5, 5.41) is 11.8. The first-order valence-electron chi connectivity index (χ1n) is 12.0. The van der Waals surface area contributed by atoms with Crippen molar-refractivity contribution in [3.05, 3.63) is 48.5 Å². The van der Waals surface area contributed by atoms with Crippen LogP contribution in [0.25, 0.3) is 10.9 Å². The van der Waals surface area contributed by atoms with Crippen molar-refractivity contribution >= 4 is 28.6 Å². The molecule has 0 spiro atoms. The maximum absolute atomic E-state index is 11.6. The normalized spacial score (nSPS) is 18.9. The van der Waals surface area contributed by atoms with Gasteiger partial charge in [-0.15, -0.1) is 11.8 Å². The molecule has 3 aromatic rings. The van der Waals surface area contributed by atoms with Gasteiger partial charge in [0.1, 0.15) is 5.75 Å². The van der Waals surface area contributed by atoms with Gasteiger partial charge in [-0.25, -0.2) is 4.98 Å². The zero-order chi connectivity index (χ0) is 23.9. The third kappa shape index (κ3) is 6.30. The van der Waals surface area contributed by atoms with Gasteiger partial charge in [0.15, 0.2) is 0 Å². The number of likely N-dealkylation sites (tertiary alicyclic amines) is 1. The molecule has 0 amide bonds. The van der Waals surface area contributed by atoms with Crippen LogP contribution in [0.5, 0.6) is 5.75 Å². The molecular weight excluding hydrogens is 448 g/mol. The van der Waals surface area contributed by atoms with Crippen LogP contribution in [0.2, 0.25) is 0 Å². The minimum absolute atomic E-state index is 0.210. The number of aliphatic carboxylic acids is 1. The van der Waals surface area contributed by atoms with Crippen LogP contribution < -0.4 is 4.74 Å². The van der Waals surface area contributed by atoms with Gasteiger partial charge in [-0.3, -0.25) is 9.78 Å². The van der Waals surface area contributed by atoms with Crippen LogP contribution in [0.4, 0.5) is 0 Å². The Kier molecular flexibility index (Phi) is 8.45. The first kappa shape index (κ1) is 24.5. The molecule has 1 saturated heterocycles.